The summed E-state index contributed by atoms with van der Waals surface area (Å²) in [6, 6.07) is 0. The molecule has 0 spiro atoms. The minimum Gasteiger partial charge on any atom is -0.366 e. The van der Waals surface area contributed by atoms with Crippen molar-refractivity contribution in [2.24, 2.45) is 11.1 Å². The number of amides is 1. The number of primary amides is 1. The Morgan fingerprint density at radius 1 is 1.27 bits per heavy atom. The molecule has 0 heterocycles. The standard InChI is InChI=1S/C8H15NO4S.Na/c1-5(7(9)10)6(8(2,3)4)14(11,12)13;/h1-4H3,(H2,9,10)(H,11,12,13);. The Morgan fingerprint density at radius 2 is 1.60 bits per heavy atom. The second-order valence-electron chi connectivity index (χ2n) is 4.04. The zero-order chi connectivity index (χ0) is 11.7. The molecular weight excluding hydrogens is 229 g/mol. The molecule has 0 bridgehead atoms. The van der Waals surface area contributed by atoms with E-state index >= 15 is 0 Å². The van der Waals surface area contributed by atoms with Gasteiger partial charge < -0.3 is 5.73 Å². The van der Waals surface area contributed by atoms with Gasteiger partial charge in [0.2, 0.25) is 5.91 Å². The molecule has 0 aliphatic rings. The Hall–Kier alpha value is 0.120. The van der Waals surface area contributed by atoms with E-state index in [-0.39, 0.29) is 40.0 Å². The molecule has 0 aromatic rings. The zero-order valence-corrected chi connectivity index (χ0v) is 12.5. The van der Waals surface area contributed by atoms with Crippen molar-refractivity contribution in [2.45, 2.75) is 27.7 Å². The molecule has 0 rings (SSSR count). The summed E-state index contributed by atoms with van der Waals surface area (Å²) in [4.78, 5) is 10.5. The van der Waals surface area contributed by atoms with E-state index < -0.39 is 21.4 Å². The van der Waals surface area contributed by atoms with E-state index in [9.17, 15) is 13.2 Å². The topological polar surface area (TPSA) is 97.5 Å². The van der Waals surface area contributed by atoms with Crippen molar-refractivity contribution < 1.29 is 17.8 Å². The summed E-state index contributed by atoms with van der Waals surface area (Å²) in [5.41, 5.74) is 3.96. The van der Waals surface area contributed by atoms with Crippen molar-refractivity contribution in [3.63, 3.8) is 0 Å². The maximum atomic E-state index is 11.0. The van der Waals surface area contributed by atoms with Crippen LogP contribution in [0, 0.1) is 5.41 Å². The van der Waals surface area contributed by atoms with E-state index in [2.05, 4.69) is 0 Å². The monoisotopic (exact) mass is 244 g/mol. The van der Waals surface area contributed by atoms with Crippen LogP contribution in [0.3, 0.4) is 0 Å². The van der Waals surface area contributed by atoms with Crippen LogP contribution in [0.25, 0.3) is 0 Å². The molecule has 83 valence electrons. The number of hydrogen-bond acceptors (Lipinski definition) is 3. The number of carbonyl (C=O) groups excluding carboxylic acids is 1. The first kappa shape index (κ1) is 17.5. The van der Waals surface area contributed by atoms with Crippen LogP contribution in [-0.2, 0) is 14.9 Å². The first-order valence-electron chi connectivity index (χ1n) is 3.96. The maximum Gasteiger partial charge on any atom is 0.291 e. The summed E-state index contributed by atoms with van der Waals surface area (Å²) in [5, 5.41) is 0. The molecule has 0 aliphatic carbocycles. The van der Waals surface area contributed by atoms with Crippen molar-refractivity contribution in [1.29, 1.82) is 0 Å². The van der Waals surface area contributed by atoms with Crippen molar-refractivity contribution in [3.05, 3.63) is 10.5 Å². The summed E-state index contributed by atoms with van der Waals surface area (Å²) in [7, 11) is -4.39. The van der Waals surface area contributed by atoms with E-state index in [0.717, 1.165) is 0 Å². The summed E-state index contributed by atoms with van der Waals surface area (Å²) in [5.74, 6) is -0.854. The third-order valence-electron chi connectivity index (χ3n) is 1.65. The predicted octanol–water partition coefficient (Wildman–Crippen LogP) is 0.299. The van der Waals surface area contributed by atoms with Gasteiger partial charge in [-0.1, -0.05) is 20.8 Å². The fourth-order valence-electron chi connectivity index (χ4n) is 1.25. The largest absolute Gasteiger partial charge is 0.366 e. The Morgan fingerprint density at radius 3 is 1.67 bits per heavy atom. The molecule has 5 nitrogen and oxygen atoms in total. The van der Waals surface area contributed by atoms with E-state index in [1.807, 2.05) is 0 Å². The van der Waals surface area contributed by atoms with Crippen LogP contribution < -0.4 is 5.73 Å². The number of nitrogens with two attached hydrogens (primary N) is 1. The van der Waals surface area contributed by atoms with Crippen LogP contribution in [0.4, 0.5) is 0 Å². The van der Waals surface area contributed by atoms with Crippen LogP contribution in [-0.4, -0.2) is 48.4 Å². The average molecular weight is 244 g/mol. The normalized spacial score (nSPS) is 13.9. The van der Waals surface area contributed by atoms with Gasteiger partial charge in [0, 0.05) is 40.5 Å². The molecule has 7 heteroatoms. The third kappa shape index (κ3) is 5.12. The van der Waals surface area contributed by atoms with Gasteiger partial charge in [-0.25, -0.2) is 0 Å². The quantitative estimate of drug-likeness (QED) is 0.414. The SMILES string of the molecule is CC(C(N)=O)=C(C(C)(C)C)S(=O)(=O)O.[Na]. The van der Waals surface area contributed by atoms with E-state index in [0.29, 0.717) is 0 Å². The molecular formula is C8H15NNaO4S. The van der Waals surface area contributed by atoms with Gasteiger partial charge in [0.05, 0.1) is 4.91 Å². The number of hydrogen-bond donors (Lipinski definition) is 2. The van der Waals surface area contributed by atoms with E-state index in [4.69, 9.17) is 10.3 Å². The molecule has 15 heavy (non-hydrogen) atoms. The van der Waals surface area contributed by atoms with Crippen molar-refractivity contribution >= 4 is 45.6 Å². The number of rotatable bonds is 2. The third-order valence-corrected chi connectivity index (χ3v) is 3.08. The first-order chi connectivity index (χ1) is 5.98. The van der Waals surface area contributed by atoms with E-state index in [1.54, 1.807) is 20.8 Å². The second-order valence-corrected chi connectivity index (χ2v) is 5.40. The maximum absolute atomic E-state index is 11.0. The summed E-state index contributed by atoms with van der Waals surface area (Å²) < 4.78 is 31.0. The Balaban J connectivity index is 0. The van der Waals surface area contributed by atoms with E-state index in [1.165, 1.54) is 6.92 Å². The molecule has 0 aromatic heterocycles. The van der Waals surface area contributed by atoms with Gasteiger partial charge in [-0.2, -0.15) is 8.42 Å². The summed E-state index contributed by atoms with van der Waals surface area (Å²) in [6.07, 6.45) is 0. The second kappa shape index (κ2) is 5.45. The van der Waals surface area contributed by atoms with Gasteiger partial charge in [-0.15, -0.1) is 0 Å². The number of allylic oxidation sites excluding steroid dienone is 1. The van der Waals surface area contributed by atoms with Crippen LogP contribution in [0.1, 0.15) is 27.7 Å². The van der Waals surface area contributed by atoms with Gasteiger partial charge in [-0.3, -0.25) is 9.35 Å². The molecule has 0 saturated heterocycles. The Labute approximate surface area is 112 Å². The first-order valence-corrected chi connectivity index (χ1v) is 5.40. The fourth-order valence-corrected chi connectivity index (χ4v) is 2.52. The number of carbonyl (C=O) groups is 1. The van der Waals surface area contributed by atoms with Crippen LogP contribution in [0.15, 0.2) is 10.5 Å². The van der Waals surface area contributed by atoms with Crippen molar-refractivity contribution in [2.75, 3.05) is 0 Å². The van der Waals surface area contributed by atoms with Gasteiger partial charge in [-0.05, 0) is 6.92 Å². The molecule has 0 saturated carbocycles. The Kier molecular flexibility index (Phi) is 6.36. The summed E-state index contributed by atoms with van der Waals surface area (Å²) >= 11 is 0. The van der Waals surface area contributed by atoms with Crippen molar-refractivity contribution in [1.82, 2.24) is 0 Å². The Bertz CT molecular complexity index is 378. The minimum absolute atomic E-state index is 0. The molecule has 0 aliphatic heterocycles. The van der Waals surface area contributed by atoms with Gasteiger partial charge in [0.1, 0.15) is 0 Å². The smallest absolute Gasteiger partial charge is 0.291 e. The molecule has 3 N–H and O–H groups in total. The molecule has 0 unspecified atom stereocenters. The fraction of sp³-hybridized carbons (Fsp3) is 0.625. The summed E-state index contributed by atoms with van der Waals surface area (Å²) in [6.45, 7) is 5.99. The van der Waals surface area contributed by atoms with Gasteiger partial charge >= 0.3 is 0 Å². The van der Waals surface area contributed by atoms with Crippen molar-refractivity contribution in [3.8, 4) is 0 Å². The average Bonchev–Trinajstić information content (AvgIpc) is 1.79. The molecule has 0 atom stereocenters. The van der Waals surface area contributed by atoms with Crippen LogP contribution in [0.5, 0.6) is 0 Å². The molecule has 0 aromatic carbocycles. The zero-order valence-electron chi connectivity index (χ0n) is 9.66. The van der Waals surface area contributed by atoms with Crippen LogP contribution >= 0.6 is 0 Å². The molecule has 0 fully saturated rings. The predicted molar refractivity (Wildman–Crippen MR) is 58.7 cm³/mol. The molecule has 1 amide bonds. The van der Waals surface area contributed by atoms with Gasteiger partial charge in [0.25, 0.3) is 10.1 Å². The minimum atomic E-state index is -4.39. The van der Waals surface area contributed by atoms with Gasteiger partial charge in [0.15, 0.2) is 0 Å². The van der Waals surface area contributed by atoms with Crippen LogP contribution in [0.2, 0.25) is 0 Å². The molecule has 1 radical (unpaired) electrons.